The van der Waals surface area contributed by atoms with Crippen molar-refractivity contribution in [1.29, 1.82) is 0 Å². The topological polar surface area (TPSA) is 67.6 Å². The number of aliphatic hydroxyl groups is 1. The number of carbonyl (C=O) groups is 1. The van der Waals surface area contributed by atoms with Gasteiger partial charge in [0.15, 0.2) is 0 Å². The number of carbonyl (C=O) groups excluding carboxylic acids is 1. The lowest BCUT2D eigenvalue weighted by Crippen LogP contribution is -2.45. The Balaban J connectivity index is 0.00000167. The lowest BCUT2D eigenvalue weighted by atomic mass is 9.84. The molecular formula is C29H39N3O3. The van der Waals surface area contributed by atoms with Crippen molar-refractivity contribution < 1.29 is 14.6 Å². The predicted molar refractivity (Wildman–Crippen MR) is 140 cm³/mol. The number of nitrogens with zero attached hydrogens (tertiary/aromatic N) is 3. The monoisotopic (exact) mass is 477 g/mol. The summed E-state index contributed by atoms with van der Waals surface area (Å²) in [5.74, 6) is 0.658. The fraction of sp³-hybridized carbons (Fsp3) is 0.448. The van der Waals surface area contributed by atoms with Gasteiger partial charge in [-0.3, -0.25) is 4.79 Å². The Bertz CT molecular complexity index is 1060. The van der Waals surface area contributed by atoms with Crippen LogP contribution in [0.25, 0.3) is 11.3 Å². The van der Waals surface area contributed by atoms with Gasteiger partial charge in [0.25, 0.3) is 0 Å². The Kier molecular flexibility index (Phi) is 9.24. The van der Waals surface area contributed by atoms with Gasteiger partial charge in [0.1, 0.15) is 12.4 Å². The highest BCUT2D eigenvalue weighted by atomic mass is 16.5. The number of rotatable bonds is 6. The van der Waals surface area contributed by atoms with Crippen molar-refractivity contribution >= 4 is 5.91 Å². The first-order valence-electron chi connectivity index (χ1n) is 12.5. The van der Waals surface area contributed by atoms with Gasteiger partial charge in [0.05, 0.1) is 18.3 Å². The second-order valence-electron chi connectivity index (χ2n) is 9.84. The highest BCUT2D eigenvalue weighted by Gasteiger charge is 2.40. The maximum atomic E-state index is 13.2. The summed E-state index contributed by atoms with van der Waals surface area (Å²) in [6, 6.07) is 20.1. The molecule has 2 heterocycles. The summed E-state index contributed by atoms with van der Waals surface area (Å²) in [7, 11) is 0. The second-order valence-corrected chi connectivity index (χ2v) is 9.84. The average Bonchev–Trinajstić information content (AvgIpc) is 3.17. The highest BCUT2D eigenvalue weighted by Crippen LogP contribution is 2.40. The van der Waals surface area contributed by atoms with Crippen LogP contribution in [0.3, 0.4) is 0 Å². The first kappa shape index (κ1) is 26.6. The third-order valence-corrected chi connectivity index (χ3v) is 6.06. The fourth-order valence-electron chi connectivity index (χ4n) is 4.49. The van der Waals surface area contributed by atoms with Gasteiger partial charge in [0.2, 0.25) is 5.91 Å². The number of hydrogen-bond acceptors (Lipinski definition) is 4. The summed E-state index contributed by atoms with van der Waals surface area (Å²) >= 11 is 0. The molecule has 3 aromatic rings. The Hall–Kier alpha value is -2.96. The van der Waals surface area contributed by atoms with Gasteiger partial charge in [-0.1, -0.05) is 95.3 Å². The van der Waals surface area contributed by atoms with Crippen LogP contribution >= 0.6 is 0 Å². The zero-order valence-corrected chi connectivity index (χ0v) is 21.6. The zero-order chi connectivity index (χ0) is 25.4. The van der Waals surface area contributed by atoms with E-state index in [1.54, 1.807) is 0 Å². The van der Waals surface area contributed by atoms with Crippen LogP contribution in [0.5, 0.6) is 0 Å². The molecule has 4 rings (SSSR count). The number of aromatic nitrogens is 2. The molecule has 1 amide bonds. The molecule has 2 unspecified atom stereocenters. The van der Waals surface area contributed by atoms with E-state index in [1.807, 2.05) is 55.1 Å². The van der Waals surface area contributed by atoms with Crippen LogP contribution in [0.2, 0.25) is 0 Å². The minimum atomic E-state index is -0.284. The molecule has 2 atom stereocenters. The first-order chi connectivity index (χ1) is 16.9. The van der Waals surface area contributed by atoms with Crippen LogP contribution in [0, 0.1) is 11.3 Å². The maximum Gasteiger partial charge on any atom is 0.249 e. The number of hydrogen-bond donors (Lipinski definition) is 1. The number of aliphatic hydroxyl groups excluding tert-OH is 1. The minimum Gasteiger partial charge on any atom is -0.396 e. The molecule has 1 aliphatic heterocycles. The Morgan fingerprint density at radius 1 is 1.06 bits per heavy atom. The van der Waals surface area contributed by atoms with Gasteiger partial charge >= 0.3 is 0 Å². The molecule has 1 aromatic heterocycles. The van der Waals surface area contributed by atoms with Crippen LogP contribution in [0.4, 0.5) is 0 Å². The third kappa shape index (κ3) is 6.59. The van der Waals surface area contributed by atoms with E-state index in [4.69, 9.17) is 9.72 Å². The van der Waals surface area contributed by atoms with Crippen LogP contribution in [0.1, 0.15) is 52.0 Å². The van der Waals surface area contributed by atoms with Gasteiger partial charge in [-0.15, -0.1) is 0 Å². The summed E-state index contributed by atoms with van der Waals surface area (Å²) < 4.78 is 7.73. The number of amides is 1. The summed E-state index contributed by atoms with van der Waals surface area (Å²) in [5.41, 5.74) is 2.81. The van der Waals surface area contributed by atoms with Crippen molar-refractivity contribution in [2.75, 3.05) is 26.4 Å². The van der Waals surface area contributed by atoms with E-state index in [9.17, 15) is 9.90 Å². The SMILES string of the molecule is CC.CC(C)(C)C(c1nc(-c2ccccc2)cn1Cc1ccccc1)N1CC(CO)COCC1=O. The van der Waals surface area contributed by atoms with Crippen LogP contribution in [-0.2, 0) is 16.1 Å². The normalized spacial score (nSPS) is 17.4. The quantitative estimate of drug-likeness (QED) is 0.531. The molecule has 6 nitrogen and oxygen atoms in total. The van der Waals surface area contributed by atoms with Gasteiger partial charge in [-0.05, 0) is 11.0 Å². The largest absolute Gasteiger partial charge is 0.396 e. The molecule has 35 heavy (non-hydrogen) atoms. The molecule has 0 bridgehead atoms. The van der Waals surface area contributed by atoms with E-state index < -0.39 is 0 Å². The molecule has 0 aliphatic carbocycles. The van der Waals surface area contributed by atoms with E-state index >= 15 is 0 Å². The van der Waals surface area contributed by atoms with Crippen molar-refractivity contribution in [1.82, 2.24) is 14.5 Å². The van der Waals surface area contributed by atoms with Crippen LogP contribution < -0.4 is 0 Å². The number of benzene rings is 2. The smallest absolute Gasteiger partial charge is 0.249 e. The third-order valence-electron chi connectivity index (χ3n) is 6.06. The molecule has 1 aliphatic rings. The van der Waals surface area contributed by atoms with E-state index in [0.717, 1.165) is 17.1 Å². The summed E-state index contributed by atoms with van der Waals surface area (Å²) in [6.45, 7) is 11.9. The molecule has 188 valence electrons. The fourth-order valence-corrected chi connectivity index (χ4v) is 4.49. The first-order valence-corrected chi connectivity index (χ1v) is 12.5. The zero-order valence-electron chi connectivity index (χ0n) is 21.6. The Morgan fingerprint density at radius 3 is 2.29 bits per heavy atom. The lowest BCUT2D eigenvalue weighted by Gasteiger charge is -2.40. The average molecular weight is 478 g/mol. The minimum absolute atomic E-state index is 0.0195. The van der Waals surface area contributed by atoms with E-state index in [2.05, 4.69) is 55.8 Å². The Labute approximate surface area is 209 Å². The molecule has 6 heteroatoms. The van der Waals surface area contributed by atoms with Crippen molar-refractivity contribution in [2.45, 2.75) is 47.2 Å². The summed E-state index contributed by atoms with van der Waals surface area (Å²) in [4.78, 5) is 20.1. The van der Waals surface area contributed by atoms with E-state index in [0.29, 0.717) is 19.7 Å². The van der Waals surface area contributed by atoms with Gasteiger partial charge in [-0.2, -0.15) is 0 Å². The lowest BCUT2D eigenvalue weighted by molar-refractivity contribution is -0.139. The van der Waals surface area contributed by atoms with Crippen molar-refractivity contribution in [3.05, 3.63) is 78.2 Å². The number of imidazole rings is 1. The summed E-state index contributed by atoms with van der Waals surface area (Å²) in [6.07, 6.45) is 2.08. The molecule has 1 fully saturated rings. The molecular weight excluding hydrogens is 438 g/mol. The standard InChI is InChI=1S/C27H33N3O3.C2H6/c1-27(2,3)25(30-15-21(17-31)18-33-19-24(30)32)26-28-23(22-12-8-5-9-13-22)16-29(26)14-20-10-6-4-7-11-20;1-2/h4-13,16,21,25,31H,14-15,17-19H2,1-3H3;1-2H3. The van der Waals surface area contributed by atoms with Crippen molar-refractivity contribution in [2.24, 2.45) is 11.3 Å². The molecule has 0 radical (unpaired) electrons. The van der Waals surface area contributed by atoms with Crippen molar-refractivity contribution in [3.8, 4) is 11.3 Å². The van der Waals surface area contributed by atoms with E-state index in [1.165, 1.54) is 5.56 Å². The molecule has 2 aromatic carbocycles. The maximum absolute atomic E-state index is 13.2. The molecule has 0 saturated carbocycles. The molecule has 1 saturated heterocycles. The van der Waals surface area contributed by atoms with Gasteiger partial charge in [-0.25, -0.2) is 4.98 Å². The van der Waals surface area contributed by atoms with Crippen LogP contribution in [-0.4, -0.2) is 51.8 Å². The predicted octanol–water partition coefficient (Wildman–Crippen LogP) is 5.18. The van der Waals surface area contributed by atoms with Gasteiger partial charge < -0.3 is 19.3 Å². The molecule has 1 N–H and O–H groups in total. The molecule has 0 spiro atoms. The Morgan fingerprint density at radius 2 is 1.69 bits per heavy atom. The number of ether oxygens (including phenoxy) is 1. The van der Waals surface area contributed by atoms with E-state index in [-0.39, 0.29) is 36.5 Å². The van der Waals surface area contributed by atoms with Gasteiger partial charge in [0, 0.05) is 37.4 Å². The van der Waals surface area contributed by atoms with Crippen molar-refractivity contribution in [3.63, 3.8) is 0 Å². The summed E-state index contributed by atoms with van der Waals surface area (Å²) in [5, 5.41) is 9.84. The second kappa shape index (κ2) is 12.1. The highest BCUT2D eigenvalue weighted by molar-refractivity contribution is 5.78. The van der Waals surface area contributed by atoms with Crippen LogP contribution in [0.15, 0.2) is 66.9 Å².